The smallest absolute Gasteiger partial charge is 0.0903 e. The molecule has 1 heterocycles. The van der Waals surface area contributed by atoms with E-state index in [2.05, 4.69) is 13.8 Å². The Morgan fingerprint density at radius 2 is 1.68 bits per heavy atom. The summed E-state index contributed by atoms with van der Waals surface area (Å²) in [5, 5.41) is 10.4. The molecule has 0 radical (unpaired) electrons. The minimum atomic E-state index is -0.0422. The summed E-state index contributed by atoms with van der Waals surface area (Å²) in [4.78, 5) is 0. The van der Waals surface area contributed by atoms with Crippen LogP contribution in [0, 0.1) is 39.9 Å². The molecule has 2 heteroatoms. The van der Waals surface area contributed by atoms with Gasteiger partial charge < -0.3 is 9.84 Å². The Morgan fingerprint density at radius 3 is 2.56 bits per heavy atom. The van der Waals surface area contributed by atoms with Gasteiger partial charge in [0.15, 0.2) is 0 Å². The first-order valence-corrected chi connectivity index (χ1v) is 11.3. The van der Waals surface area contributed by atoms with Crippen LogP contribution in [-0.2, 0) is 4.74 Å². The van der Waals surface area contributed by atoms with Crippen molar-refractivity contribution in [3.8, 4) is 0 Å². The van der Waals surface area contributed by atoms with Crippen molar-refractivity contribution in [2.45, 2.75) is 103 Å². The zero-order chi connectivity index (χ0) is 17.0. The molecule has 1 N–H and O–H groups in total. The van der Waals surface area contributed by atoms with Crippen molar-refractivity contribution < 1.29 is 9.84 Å². The Morgan fingerprint density at radius 1 is 0.840 bits per heavy atom. The maximum atomic E-state index is 10.4. The van der Waals surface area contributed by atoms with Crippen molar-refractivity contribution in [3.05, 3.63) is 0 Å². The second-order valence-electron chi connectivity index (χ2n) is 11.4. The molecule has 10 atom stereocenters. The maximum Gasteiger partial charge on any atom is 0.0903 e. The summed E-state index contributed by atoms with van der Waals surface area (Å²) < 4.78 is 6.26. The summed E-state index contributed by atoms with van der Waals surface area (Å²) in [6.45, 7) is 5.14. The van der Waals surface area contributed by atoms with Gasteiger partial charge in [-0.15, -0.1) is 0 Å². The molecular formula is C23H36O2. The number of fused-ring (bicyclic) bond motifs is 5. The van der Waals surface area contributed by atoms with Crippen LogP contribution in [-0.4, -0.2) is 23.4 Å². The van der Waals surface area contributed by atoms with Crippen molar-refractivity contribution >= 4 is 0 Å². The Bertz CT molecular complexity index is 589. The van der Waals surface area contributed by atoms with Crippen LogP contribution in [0.25, 0.3) is 0 Å². The van der Waals surface area contributed by atoms with Crippen LogP contribution in [0.2, 0.25) is 0 Å². The molecule has 0 amide bonds. The fourth-order valence-electron chi connectivity index (χ4n) is 9.65. The molecule has 1 aliphatic heterocycles. The first-order valence-electron chi connectivity index (χ1n) is 11.3. The SMILES string of the molecule is CC12CCC3C4CC[C@@H]5CCC6OC6[C@]45CCC3[C@@]1(C)CC[C@@H](O)C2. The van der Waals surface area contributed by atoms with Gasteiger partial charge >= 0.3 is 0 Å². The molecule has 25 heavy (non-hydrogen) atoms. The second-order valence-corrected chi connectivity index (χ2v) is 11.4. The van der Waals surface area contributed by atoms with Crippen LogP contribution in [0.1, 0.15) is 84.5 Å². The summed E-state index contributed by atoms with van der Waals surface area (Å²) in [7, 11) is 0. The van der Waals surface area contributed by atoms with E-state index < -0.39 is 0 Å². The molecule has 6 rings (SSSR count). The van der Waals surface area contributed by atoms with E-state index in [9.17, 15) is 5.11 Å². The third kappa shape index (κ3) is 1.80. The highest BCUT2D eigenvalue weighted by atomic mass is 16.6. The average molecular weight is 345 g/mol. The number of epoxide rings is 1. The van der Waals surface area contributed by atoms with Gasteiger partial charge in [-0.3, -0.25) is 0 Å². The van der Waals surface area contributed by atoms with E-state index in [1.165, 1.54) is 57.8 Å². The van der Waals surface area contributed by atoms with Gasteiger partial charge in [0.2, 0.25) is 0 Å². The van der Waals surface area contributed by atoms with Crippen molar-refractivity contribution in [3.63, 3.8) is 0 Å². The van der Waals surface area contributed by atoms with Gasteiger partial charge in [-0.1, -0.05) is 13.8 Å². The van der Waals surface area contributed by atoms with Crippen molar-refractivity contribution in [2.24, 2.45) is 39.9 Å². The molecule has 1 spiro atoms. The molecule has 1 saturated heterocycles. The fourth-order valence-corrected chi connectivity index (χ4v) is 9.65. The van der Waals surface area contributed by atoms with Crippen LogP contribution in [0.4, 0.5) is 0 Å². The molecule has 5 aliphatic carbocycles. The molecule has 6 unspecified atom stereocenters. The van der Waals surface area contributed by atoms with Gasteiger partial charge in [0.25, 0.3) is 0 Å². The quantitative estimate of drug-likeness (QED) is 0.632. The molecule has 0 aromatic heterocycles. The van der Waals surface area contributed by atoms with Crippen LogP contribution >= 0.6 is 0 Å². The van der Waals surface area contributed by atoms with E-state index in [0.29, 0.717) is 28.5 Å². The van der Waals surface area contributed by atoms with Crippen molar-refractivity contribution in [2.75, 3.05) is 0 Å². The zero-order valence-corrected chi connectivity index (χ0v) is 16.2. The van der Waals surface area contributed by atoms with Crippen LogP contribution in [0.15, 0.2) is 0 Å². The van der Waals surface area contributed by atoms with Crippen LogP contribution in [0.3, 0.4) is 0 Å². The highest BCUT2D eigenvalue weighted by Gasteiger charge is 2.71. The lowest BCUT2D eigenvalue weighted by molar-refractivity contribution is -0.175. The molecular weight excluding hydrogens is 308 g/mol. The summed E-state index contributed by atoms with van der Waals surface area (Å²) in [5.74, 6) is 3.80. The van der Waals surface area contributed by atoms with E-state index >= 15 is 0 Å². The van der Waals surface area contributed by atoms with E-state index in [0.717, 1.165) is 36.5 Å². The maximum absolute atomic E-state index is 10.4. The molecule has 5 saturated carbocycles. The number of hydrogen-bond acceptors (Lipinski definition) is 2. The Kier molecular flexibility index (Phi) is 3.09. The Hall–Kier alpha value is -0.0800. The average Bonchev–Trinajstić information content (AvgIpc) is 3.29. The number of aliphatic hydroxyl groups is 1. The lowest BCUT2D eigenvalue weighted by Crippen LogP contribution is -2.59. The molecule has 0 aromatic carbocycles. The van der Waals surface area contributed by atoms with Gasteiger partial charge in [0, 0.05) is 5.41 Å². The topological polar surface area (TPSA) is 32.8 Å². The number of rotatable bonds is 0. The van der Waals surface area contributed by atoms with Crippen LogP contribution < -0.4 is 0 Å². The first kappa shape index (κ1) is 15.9. The fraction of sp³-hybridized carbons (Fsp3) is 1.00. The molecule has 0 aromatic rings. The normalized spacial score (nSPS) is 65.2. The number of hydrogen-bond donors (Lipinski definition) is 1. The van der Waals surface area contributed by atoms with E-state index in [1.807, 2.05) is 0 Å². The van der Waals surface area contributed by atoms with E-state index in [4.69, 9.17) is 4.74 Å². The first-order chi connectivity index (χ1) is 12.0. The van der Waals surface area contributed by atoms with Gasteiger partial charge in [-0.05, 0) is 105 Å². The minimum absolute atomic E-state index is 0.0422. The van der Waals surface area contributed by atoms with Gasteiger partial charge in [-0.25, -0.2) is 0 Å². The second kappa shape index (κ2) is 4.85. The lowest BCUT2D eigenvalue weighted by atomic mass is 9.39. The van der Waals surface area contributed by atoms with Gasteiger partial charge in [0.1, 0.15) is 0 Å². The number of ether oxygens (including phenoxy) is 1. The van der Waals surface area contributed by atoms with Crippen molar-refractivity contribution in [1.82, 2.24) is 0 Å². The summed E-state index contributed by atoms with van der Waals surface area (Å²) >= 11 is 0. The van der Waals surface area contributed by atoms with Crippen molar-refractivity contribution in [1.29, 1.82) is 0 Å². The third-order valence-corrected chi connectivity index (χ3v) is 11.0. The van der Waals surface area contributed by atoms with E-state index in [-0.39, 0.29) is 6.10 Å². The minimum Gasteiger partial charge on any atom is -0.393 e. The standard InChI is InChI=1S/C23H36O2/c1-21-10-8-16-17(22(21,2)11-7-15(24)13-21)9-12-23-14(3-5-18(16)23)4-6-19-20(23)25-19/h14-20,24H,3-13H2,1-2H3/t14-,15-,16?,17?,18?,19?,20?,21?,22-,23+/m1/s1. The Labute approximate surface area is 153 Å². The van der Waals surface area contributed by atoms with Crippen LogP contribution in [0.5, 0.6) is 0 Å². The zero-order valence-electron chi connectivity index (χ0n) is 16.2. The Balaban J connectivity index is 1.36. The van der Waals surface area contributed by atoms with Gasteiger partial charge in [-0.2, -0.15) is 0 Å². The summed E-state index contributed by atoms with van der Waals surface area (Å²) in [6, 6.07) is 0. The third-order valence-electron chi connectivity index (χ3n) is 11.0. The summed E-state index contributed by atoms with van der Waals surface area (Å²) in [5.41, 5.74) is 1.43. The molecule has 6 fully saturated rings. The predicted octanol–water partition coefficient (Wildman–Crippen LogP) is 4.94. The van der Waals surface area contributed by atoms with Gasteiger partial charge in [0.05, 0.1) is 18.3 Å². The summed E-state index contributed by atoms with van der Waals surface area (Å²) in [6.07, 6.45) is 16.1. The predicted molar refractivity (Wildman–Crippen MR) is 98.1 cm³/mol. The molecule has 2 nitrogen and oxygen atoms in total. The molecule has 6 aliphatic rings. The molecule has 0 bridgehead atoms. The number of aliphatic hydroxyl groups excluding tert-OH is 1. The van der Waals surface area contributed by atoms with E-state index in [1.54, 1.807) is 0 Å². The lowest BCUT2D eigenvalue weighted by Gasteiger charge is -2.65. The highest BCUT2D eigenvalue weighted by Crippen LogP contribution is 2.74. The molecule has 140 valence electrons. The highest BCUT2D eigenvalue weighted by molar-refractivity contribution is 5.19. The monoisotopic (exact) mass is 344 g/mol. The largest absolute Gasteiger partial charge is 0.393 e.